The van der Waals surface area contributed by atoms with Gasteiger partial charge in [-0.3, -0.25) is 14.9 Å². The predicted octanol–water partition coefficient (Wildman–Crippen LogP) is 1.70. The van der Waals surface area contributed by atoms with E-state index in [2.05, 4.69) is 10.6 Å². The highest BCUT2D eigenvalue weighted by molar-refractivity contribution is 7.16. The molecule has 0 saturated carbocycles. The van der Waals surface area contributed by atoms with Crippen molar-refractivity contribution in [3.63, 3.8) is 0 Å². The largest absolute Gasteiger partial charge is 0.478 e. The van der Waals surface area contributed by atoms with Crippen molar-refractivity contribution in [3.8, 4) is 0 Å². The molecule has 1 aromatic carbocycles. The standard InChI is InChI=1S/C15H12N4O8S/c20-11(14(23)24)18-12-8(13(21)22)5-7(28-12)6-16-15(25)17-9-3-1-2-4-10(9)19(26)27/h1-5H,6H2,(H,18,20)(H,21,22)(H,23,24)(H2,16,17,25). The van der Waals surface area contributed by atoms with Crippen LogP contribution in [-0.2, 0) is 16.1 Å². The summed E-state index contributed by atoms with van der Waals surface area (Å²) in [6.45, 7) is -0.166. The third kappa shape index (κ3) is 5.01. The average molecular weight is 408 g/mol. The summed E-state index contributed by atoms with van der Waals surface area (Å²) in [7, 11) is 0. The molecule has 12 nitrogen and oxygen atoms in total. The molecule has 13 heteroatoms. The number of hydrogen-bond donors (Lipinski definition) is 5. The lowest BCUT2D eigenvalue weighted by molar-refractivity contribution is -0.383. The zero-order chi connectivity index (χ0) is 20.8. The number of carbonyl (C=O) groups is 4. The zero-order valence-corrected chi connectivity index (χ0v) is 14.6. The molecule has 0 unspecified atom stereocenters. The number of amides is 3. The minimum Gasteiger partial charge on any atom is -0.478 e. The molecule has 1 heterocycles. The van der Waals surface area contributed by atoms with Crippen LogP contribution in [0.4, 0.5) is 21.2 Å². The van der Waals surface area contributed by atoms with Crippen LogP contribution in [0.2, 0.25) is 0 Å². The van der Waals surface area contributed by atoms with Gasteiger partial charge in [-0.15, -0.1) is 11.3 Å². The van der Waals surface area contributed by atoms with Crippen molar-refractivity contribution in [2.24, 2.45) is 0 Å². The maximum absolute atomic E-state index is 11.9. The van der Waals surface area contributed by atoms with Gasteiger partial charge in [0.05, 0.1) is 17.0 Å². The number of carboxylic acid groups (broad SMARTS) is 2. The van der Waals surface area contributed by atoms with Crippen LogP contribution in [-0.4, -0.2) is 39.0 Å². The molecular formula is C15H12N4O8S. The molecule has 2 rings (SSSR count). The number of aromatic carboxylic acids is 1. The summed E-state index contributed by atoms with van der Waals surface area (Å²) >= 11 is 0.763. The van der Waals surface area contributed by atoms with Crippen LogP contribution in [0.5, 0.6) is 0 Å². The van der Waals surface area contributed by atoms with Gasteiger partial charge in [0, 0.05) is 10.9 Å². The molecule has 0 bridgehead atoms. The summed E-state index contributed by atoms with van der Waals surface area (Å²) in [5.41, 5.74) is -0.673. The van der Waals surface area contributed by atoms with Crippen LogP contribution in [0.3, 0.4) is 0 Å². The monoisotopic (exact) mass is 408 g/mol. The number of nitro benzene ring substituents is 1. The number of urea groups is 1. The highest BCUT2D eigenvalue weighted by Gasteiger charge is 2.21. The topological polar surface area (TPSA) is 188 Å². The molecule has 0 fully saturated rings. The first-order valence-electron chi connectivity index (χ1n) is 7.37. The Bertz CT molecular complexity index is 971. The molecule has 1 aromatic heterocycles. The fraction of sp³-hybridized carbons (Fsp3) is 0.0667. The highest BCUT2D eigenvalue weighted by Crippen LogP contribution is 2.28. The smallest absolute Gasteiger partial charge is 0.394 e. The van der Waals surface area contributed by atoms with Crippen LogP contribution in [0.15, 0.2) is 30.3 Å². The van der Waals surface area contributed by atoms with Gasteiger partial charge in [0.15, 0.2) is 0 Å². The van der Waals surface area contributed by atoms with Gasteiger partial charge >= 0.3 is 23.9 Å². The quantitative estimate of drug-likeness (QED) is 0.271. The summed E-state index contributed by atoms with van der Waals surface area (Å²) in [5.74, 6) is -4.58. The molecule has 146 valence electrons. The number of anilines is 2. The zero-order valence-electron chi connectivity index (χ0n) is 13.8. The Balaban J connectivity index is 2.07. The van der Waals surface area contributed by atoms with Gasteiger partial charge in [0.1, 0.15) is 10.7 Å². The summed E-state index contributed by atoms with van der Waals surface area (Å²) in [5, 5.41) is 35.1. The Morgan fingerprint density at radius 3 is 2.39 bits per heavy atom. The normalized spacial score (nSPS) is 10.0. The third-order valence-corrected chi connectivity index (χ3v) is 4.26. The second-order valence-electron chi connectivity index (χ2n) is 5.10. The van der Waals surface area contributed by atoms with E-state index < -0.39 is 28.8 Å². The van der Waals surface area contributed by atoms with Crippen molar-refractivity contribution >= 4 is 51.6 Å². The number of benzene rings is 1. The minimum absolute atomic E-state index is 0.0307. The van der Waals surface area contributed by atoms with Crippen LogP contribution in [0, 0.1) is 10.1 Å². The Hall–Kier alpha value is -4.00. The van der Waals surface area contributed by atoms with Gasteiger partial charge in [0.2, 0.25) is 0 Å². The molecule has 0 aliphatic rings. The van der Waals surface area contributed by atoms with Crippen molar-refractivity contribution in [2.45, 2.75) is 6.54 Å². The second kappa shape index (κ2) is 8.59. The highest BCUT2D eigenvalue weighted by atomic mass is 32.1. The first-order chi connectivity index (χ1) is 13.2. The van der Waals surface area contributed by atoms with E-state index in [9.17, 15) is 29.3 Å². The van der Waals surface area contributed by atoms with Crippen LogP contribution in [0.25, 0.3) is 0 Å². The van der Waals surface area contributed by atoms with E-state index in [-0.39, 0.29) is 28.5 Å². The molecule has 0 radical (unpaired) electrons. The number of carboxylic acids is 2. The van der Waals surface area contributed by atoms with E-state index in [1.165, 1.54) is 24.3 Å². The first kappa shape index (κ1) is 20.3. The number of thiophene rings is 1. The molecule has 0 atom stereocenters. The van der Waals surface area contributed by atoms with Crippen LogP contribution >= 0.6 is 11.3 Å². The lowest BCUT2D eigenvalue weighted by Gasteiger charge is -2.07. The first-order valence-corrected chi connectivity index (χ1v) is 8.19. The van der Waals surface area contributed by atoms with Gasteiger partial charge in [-0.05, 0) is 12.1 Å². The van der Waals surface area contributed by atoms with Gasteiger partial charge in [-0.1, -0.05) is 12.1 Å². The SMILES string of the molecule is O=C(NCc1cc(C(=O)O)c(NC(=O)C(=O)O)s1)Nc1ccccc1[N+](=O)[O-]. The van der Waals surface area contributed by atoms with Gasteiger partial charge in [-0.25, -0.2) is 14.4 Å². The molecule has 0 aliphatic carbocycles. The number of nitro groups is 1. The summed E-state index contributed by atoms with van der Waals surface area (Å²) in [6.07, 6.45) is 0. The van der Waals surface area contributed by atoms with E-state index in [4.69, 9.17) is 10.2 Å². The second-order valence-corrected chi connectivity index (χ2v) is 6.24. The van der Waals surface area contributed by atoms with Crippen molar-refractivity contribution in [1.82, 2.24) is 5.32 Å². The fourth-order valence-corrected chi connectivity index (χ4v) is 2.99. The molecule has 5 N–H and O–H groups in total. The number of carbonyl (C=O) groups excluding carboxylic acids is 2. The van der Waals surface area contributed by atoms with E-state index in [0.717, 1.165) is 17.4 Å². The molecule has 2 aromatic rings. The predicted molar refractivity (Wildman–Crippen MR) is 96.5 cm³/mol. The minimum atomic E-state index is -1.78. The molecule has 0 spiro atoms. The molecule has 0 aliphatic heterocycles. The summed E-state index contributed by atoms with van der Waals surface area (Å²) in [6, 6.07) is 5.87. The Kier molecular flexibility index (Phi) is 6.23. The number of rotatable bonds is 6. The van der Waals surface area contributed by atoms with E-state index in [0.29, 0.717) is 4.88 Å². The molecule has 0 saturated heterocycles. The Labute approximate surface area is 159 Å². The van der Waals surface area contributed by atoms with Crippen LogP contribution in [0.1, 0.15) is 15.2 Å². The van der Waals surface area contributed by atoms with Crippen molar-refractivity contribution in [1.29, 1.82) is 0 Å². The maximum atomic E-state index is 11.9. The fourth-order valence-electron chi connectivity index (χ4n) is 2.01. The molecule has 28 heavy (non-hydrogen) atoms. The molecular weight excluding hydrogens is 396 g/mol. The van der Waals surface area contributed by atoms with Crippen molar-refractivity contribution < 1.29 is 34.3 Å². The molecule has 3 amide bonds. The van der Waals surface area contributed by atoms with Crippen molar-refractivity contribution in [2.75, 3.05) is 10.6 Å². The van der Waals surface area contributed by atoms with Gasteiger partial charge < -0.3 is 26.2 Å². The van der Waals surface area contributed by atoms with E-state index in [1.54, 1.807) is 0 Å². The average Bonchev–Trinajstić information content (AvgIpc) is 3.03. The maximum Gasteiger partial charge on any atom is 0.394 e. The van der Waals surface area contributed by atoms with Gasteiger partial charge in [0.25, 0.3) is 5.69 Å². The third-order valence-electron chi connectivity index (χ3n) is 3.21. The number of aliphatic carboxylic acids is 1. The summed E-state index contributed by atoms with van der Waals surface area (Å²) < 4.78 is 0. The van der Waals surface area contributed by atoms with Crippen molar-refractivity contribution in [3.05, 3.63) is 50.9 Å². The number of nitrogens with one attached hydrogen (secondary N) is 3. The lowest BCUT2D eigenvalue weighted by Crippen LogP contribution is -2.28. The number of nitrogens with zero attached hydrogens (tertiary/aromatic N) is 1. The van der Waals surface area contributed by atoms with Gasteiger partial charge in [-0.2, -0.15) is 0 Å². The van der Waals surface area contributed by atoms with Crippen LogP contribution < -0.4 is 16.0 Å². The number of para-hydroxylation sites is 2. The number of hydrogen-bond acceptors (Lipinski definition) is 7. The Morgan fingerprint density at radius 2 is 1.79 bits per heavy atom. The van der Waals surface area contributed by atoms with E-state index in [1.807, 2.05) is 5.32 Å². The van der Waals surface area contributed by atoms with E-state index >= 15 is 0 Å². The lowest BCUT2D eigenvalue weighted by atomic mass is 10.2. The Morgan fingerprint density at radius 1 is 1.11 bits per heavy atom. The summed E-state index contributed by atoms with van der Waals surface area (Å²) in [4.78, 5) is 55.5.